The summed E-state index contributed by atoms with van der Waals surface area (Å²) in [5.74, 6) is -0.994. The molecule has 0 spiro atoms. The quantitative estimate of drug-likeness (QED) is 0.657. The number of aryl methyl sites for hydroxylation is 1. The maximum absolute atomic E-state index is 13.5. The van der Waals surface area contributed by atoms with Gasteiger partial charge in [-0.05, 0) is 37.9 Å². The Hall–Kier alpha value is -1.73. The Kier molecular flexibility index (Phi) is 6.25. The number of carbonyl (C=O) groups is 1. The number of carbonyl (C=O) groups excluding carboxylic acids is 1. The number of nitro benzene ring substituents is 1. The van der Waals surface area contributed by atoms with Gasteiger partial charge in [-0.1, -0.05) is 6.92 Å². The second-order valence-electron chi connectivity index (χ2n) is 5.43. The van der Waals surface area contributed by atoms with Crippen LogP contribution < -0.4 is 10.6 Å². The molecule has 0 bridgehead atoms. The maximum Gasteiger partial charge on any atom is 0.285 e. The number of nitrogens with zero attached hydrogens (tertiary/aromatic N) is 1. The SMILES string of the molecule is Cc1cc(F)cc(C(=O)NC2CNCCC2C)c1[N+](=O)[O-].Cl. The molecule has 8 heteroatoms. The van der Waals surface area contributed by atoms with Gasteiger partial charge in [0.1, 0.15) is 11.4 Å². The molecule has 0 aromatic heterocycles. The second kappa shape index (κ2) is 7.51. The van der Waals surface area contributed by atoms with Crippen LogP contribution in [0.4, 0.5) is 10.1 Å². The van der Waals surface area contributed by atoms with E-state index in [-0.39, 0.29) is 41.2 Å². The van der Waals surface area contributed by atoms with Gasteiger partial charge in [-0.25, -0.2) is 4.39 Å². The van der Waals surface area contributed by atoms with Gasteiger partial charge >= 0.3 is 0 Å². The molecule has 1 aliphatic heterocycles. The van der Waals surface area contributed by atoms with Gasteiger partial charge < -0.3 is 10.6 Å². The lowest BCUT2D eigenvalue weighted by Gasteiger charge is -2.30. The highest BCUT2D eigenvalue weighted by Crippen LogP contribution is 2.25. The van der Waals surface area contributed by atoms with Crippen LogP contribution in [0.25, 0.3) is 0 Å². The Morgan fingerprint density at radius 1 is 1.50 bits per heavy atom. The van der Waals surface area contributed by atoms with Gasteiger partial charge in [0.05, 0.1) is 4.92 Å². The van der Waals surface area contributed by atoms with E-state index < -0.39 is 16.6 Å². The summed E-state index contributed by atoms with van der Waals surface area (Å²) in [5.41, 5.74) is -0.430. The Balaban J connectivity index is 0.00000242. The van der Waals surface area contributed by atoms with Crippen LogP contribution in [0.5, 0.6) is 0 Å². The van der Waals surface area contributed by atoms with E-state index in [4.69, 9.17) is 0 Å². The van der Waals surface area contributed by atoms with Gasteiger partial charge in [0.15, 0.2) is 0 Å². The van der Waals surface area contributed by atoms with Crippen molar-refractivity contribution >= 4 is 24.0 Å². The molecular weight excluding hydrogens is 313 g/mol. The first-order chi connectivity index (χ1) is 9.90. The molecule has 6 nitrogen and oxygen atoms in total. The lowest BCUT2D eigenvalue weighted by Crippen LogP contribution is -2.50. The van der Waals surface area contributed by atoms with Crippen molar-refractivity contribution in [2.75, 3.05) is 13.1 Å². The van der Waals surface area contributed by atoms with Crippen LogP contribution in [0.2, 0.25) is 0 Å². The van der Waals surface area contributed by atoms with Crippen LogP contribution in [-0.4, -0.2) is 30.0 Å². The molecule has 122 valence electrons. The molecule has 1 heterocycles. The van der Waals surface area contributed by atoms with Crippen LogP contribution in [-0.2, 0) is 0 Å². The molecule has 2 unspecified atom stereocenters. The molecular formula is C14H19ClFN3O3. The zero-order valence-corrected chi connectivity index (χ0v) is 13.2. The van der Waals surface area contributed by atoms with Crippen LogP contribution in [0.15, 0.2) is 12.1 Å². The average Bonchev–Trinajstić information content (AvgIpc) is 2.39. The summed E-state index contributed by atoms with van der Waals surface area (Å²) >= 11 is 0. The normalized spacial score (nSPS) is 20.9. The summed E-state index contributed by atoms with van der Waals surface area (Å²) in [6.07, 6.45) is 0.912. The molecule has 0 radical (unpaired) electrons. The summed E-state index contributed by atoms with van der Waals surface area (Å²) in [6.45, 7) is 4.92. The van der Waals surface area contributed by atoms with Gasteiger partial charge in [-0.3, -0.25) is 14.9 Å². The van der Waals surface area contributed by atoms with Crippen molar-refractivity contribution in [3.63, 3.8) is 0 Å². The van der Waals surface area contributed by atoms with Gasteiger partial charge in [0.25, 0.3) is 11.6 Å². The number of hydrogen-bond acceptors (Lipinski definition) is 4. The van der Waals surface area contributed by atoms with Gasteiger partial charge in [-0.15, -0.1) is 12.4 Å². The summed E-state index contributed by atoms with van der Waals surface area (Å²) in [5, 5.41) is 17.0. The molecule has 22 heavy (non-hydrogen) atoms. The minimum atomic E-state index is -0.655. The van der Waals surface area contributed by atoms with E-state index in [1.807, 2.05) is 6.92 Å². The molecule has 1 aromatic carbocycles. The van der Waals surface area contributed by atoms with Crippen LogP contribution in [0, 0.1) is 28.8 Å². The van der Waals surface area contributed by atoms with E-state index in [1.165, 1.54) is 6.92 Å². The number of amides is 1. The van der Waals surface area contributed by atoms with Gasteiger partial charge in [-0.2, -0.15) is 0 Å². The Morgan fingerprint density at radius 3 is 2.77 bits per heavy atom. The average molecular weight is 332 g/mol. The number of nitrogens with one attached hydrogen (secondary N) is 2. The molecule has 2 rings (SSSR count). The minimum Gasteiger partial charge on any atom is -0.348 e. The summed E-state index contributed by atoms with van der Waals surface area (Å²) in [6, 6.07) is 1.86. The van der Waals surface area contributed by atoms with Gasteiger partial charge in [0, 0.05) is 18.2 Å². The standard InChI is InChI=1S/C14H18FN3O3.ClH/c1-8-3-4-16-7-12(8)17-14(19)11-6-10(15)5-9(2)13(11)18(20)21;/h5-6,8,12,16H,3-4,7H2,1-2H3,(H,17,19);1H. The number of benzene rings is 1. The molecule has 2 atom stereocenters. The summed E-state index contributed by atoms with van der Waals surface area (Å²) < 4.78 is 13.5. The predicted octanol–water partition coefficient (Wildman–Crippen LogP) is 2.19. The Morgan fingerprint density at radius 2 is 2.18 bits per heavy atom. The topological polar surface area (TPSA) is 84.3 Å². The van der Waals surface area contributed by atoms with Crippen LogP contribution >= 0.6 is 12.4 Å². The van der Waals surface area contributed by atoms with E-state index in [0.717, 1.165) is 25.1 Å². The first-order valence-corrected chi connectivity index (χ1v) is 6.86. The highest BCUT2D eigenvalue weighted by molar-refractivity contribution is 5.98. The van der Waals surface area contributed by atoms with Crippen molar-refractivity contribution in [1.82, 2.24) is 10.6 Å². The van der Waals surface area contributed by atoms with Crippen molar-refractivity contribution in [3.05, 3.63) is 39.2 Å². The van der Waals surface area contributed by atoms with Gasteiger partial charge in [0.2, 0.25) is 0 Å². The first kappa shape index (κ1) is 18.3. The van der Waals surface area contributed by atoms with Crippen molar-refractivity contribution in [1.29, 1.82) is 0 Å². The smallest absolute Gasteiger partial charge is 0.285 e. The van der Waals surface area contributed by atoms with E-state index >= 15 is 0 Å². The predicted molar refractivity (Wildman–Crippen MR) is 82.9 cm³/mol. The van der Waals surface area contributed by atoms with E-state index in [9.17, 15) is 19.3 Å². The third kappa shape index (κ3) is 3.92. The molecule has 1 fully saturated rings. The molecule has 1 aromatic rings. The fourth-order valence-corrected chi connectivity index (χ4v) is 2.58. The lowest BCUT2D eigenvalue weighted by molar-refractivity contribution is -0.385. The molecule has 2 N–H and O–H groups in total. The first-order valence-electron chi connectivity index (χ1n) is 6.86. The zero-order chi connectivity index (χ0) is 15.6. The summed E-state index contributed by atoms with van der Waals surface area (Å²) in [4.78, 5) is 22.7. The largest absolute Gasteiger partial charge is 0.348 e. The number of hydrogen-bond donors (Lipinski definition) is 2. The Bertz CT molecular complexity index is 583. The summed E-state index contributed by atoms with van der Waals surface area (Å²) in [7, 11) is 0. The van der Waals surface area contributed by atoms with E-state index in [0.29, 0.717) is 6.54 Å². The number of halogens is 2. The molecule has 1 saturated heterocycles. The lowest BCUT2D eigenvalue weighted by atomic mass is 9.94. The fourth-order valence-electron chi connectivity index (χ4n) is 2.58. The Labute approximate surface area is 134 Å². The molecule has 0 aliphatic carbocycles. The van der Waals surface area contributed by atoms with Crippen molar-refractivity contribution in [2.45, 2.75) is 26.3 Å². The van der Waals surface area contributed by atoms with Crippen LogP contribution in [0.3, 0.4) is 0 Å². The second-order valence-corrected chi connectivity index (χ2v) is 5.43. The maximum atomic E-state index is 13.5. The number of piperidine rings is 1. The van der Waals surface area contributed by atoms with Crippen molar-refractivity contribution in [2.24, 2.45) is 5.92 Å². The monoisotopic (exact) mass is 331 g/mol. The molecule has 1 aliphatic rings. The third-order valence-electron chi connectivity index (χ3n) is 3.84. The van der Waals surface area contributed by atoms with Crippen LogP contribution in [0.1, 0.15) is 29.3 Å². The highest BCUT2D eigenvalue weighted by atomic mass is 35.5. The molecule has 1 amide bonds. The van der Waals surface area contributed by atoms with Crippen molar-refractivity contribution in [3.8, 4) is 0 Å². The zero-order valence-electron chi connectivity index (χ0n) is 12.4. The van der Waals surface area contributed by atoms with Crippen molar-refractivity contribution < 1.29 is 14.1 Å². The third-order valence-corrected chi connectivity index (χ3v) is 3.84. The number of nitro groups is 1. The van der Waals surface area contributed by atoms with E-state index in [1.54, 1.807) is 0 Å². The molecule has 0 saturated carbocycles. The fraction of sp³-hybridized carbons (Fsp3) is 0.500. The van der Waals surface area contributed by atoms with E-state index in [2.05, 4.69) is 10.6 Å². The number of rotatable bonds is 3. The highest BCUT2D eigenvalue weighted by Gasteiger charge is 2.28. The minimum absolute atomic E-state index is 0.